The van der Waals surface area contributed by atoms with E-state index in [2.05, 4.69) is 4.72 Å². The van der Waals surface area contributed by atoms with Crippen molar-refractivity contribution >= 4 is 42.8 Å². The second kappa shape index (κ2) is 8.03. The third-order valence-electron chi connectivity index (χ3n) is 4.51. The van der Waals surface area contributed by atoms with Gasteiger partial charge in [0.25, 0.3) is 10.0 Å². The average Bonchev–Trinajstić information content (AvgIpc) is 3.16. The van der Waals surface area contributed by atoms with E-state index in [0.717, 1.165) is 21.9 Å². The molecule has 4 aromatic rings. The van der Waals surface area contributed by atoms with Crippen LogP contribution in [0.25, 0.3) is 28.4 Å². The molecule has 0 aliphatic heterocycles. The first-order chi connectivity index (χ1) is 14.7. The minimum absolute atomic E-state index is 0.116. The summed E-state index contributed by atoms with van der Waals surface area (Å²) in [6, 6.07) is 22.3. The molecule has 31 heavy (non-hydrogen) atoms. The number of nitrogens with two attached hydrogens (primary N) is 1. The summed E-state index contributed by atoms with van der Waals surface area (Å²) in [5, 5.41) is 7.10. The van der Waals surface area contributed by atoms with E-state index in [1.165, 1.54) is 30.3 Å². The number of para-hydroxylation sites is 2. The Morgan fingerprint density at radius 2 is 1.52 bits per heavy atom. The van der Waals surface area contributed by atoms with Gasteiger partial charge in [0, 0.05) is 10.9 Å². The first-order valence-corrected chi connectivity index (χ1v) is 12.2. The maximum atomic E-state index is 12.4. The molecule has 0 spiro atoms. The number of furan rings is 1. The van der Waals surface area contributed by atoms with Crippen LogP contribution in [-0.4, -0.2) is 16.8 Å². The molecule has 7 nitrogen and oxygen atoms in total. The summed E-state index contributed by atoms with van der Waals surface area (Å²) in [7, 11) is -8.04. The third kappa shape index (κ3) is 4.85. The molecule has 9 heteroatoms. The quantitative estimate of drug-likeness (QED) is 0.453. The van der Waals surface area contributed by atoms with Crippen LogP contribution in [0, 0.1) is 0 Å². The first-order valence-electron chi connectivity index (χ1n) is 9.13. The minimum Gasteiger partial charge on any atom is -0.456 e. The van der Waals surface area contributed by atoms with Crippen molar-refractivity contribution in [1.29, 1.82) is 0 Å². The van der Waals surface area contributed by atoms with Gasteiger partial charge in [-0.15, -0.1) is 0 Å². The van der Waals surface area contributed by atoms with Crippen molar-refractivity contribution in [3.05, 3.63) is 89.8 Å². The fraction of sp³-hybridized carbons (Fsp3) is 0. The van der Waals surface area contributed by atoms with Gasteiger partial charge in [0.05, 0.1) is 11.1 Å². The Morgan fingerprint density at radius 1 is 0.839 bits per heavy atom. The molecule has 0 aliphatic rings. The Bertz CT molecular complexity index is 1450. The van der Waals surface area contributed by atoms with Crippen molar-refractivity contribution in [2.24, 2.45) is 5.14 Å². The molecule has 0 unspecified atom stereocenters. The van der Waals surface area contributed by atoms with Gasteiger partial charge in [-0.3, -0.25) is 4.72 Å². The number of nitrogens with one attached hydrogen (secondary N) is 1. The van der Waals surface area contributed by atoms with E-state index in [1.807, 2.05) is 42.5 Å². The number of hydrogen-bond donors (Lipinski definition) is 2. The highest BCUT2D eigenvalue weighted by atomic mass is 32.2. The molecule has 158 valence electrons. The molecule has 3 N–H and O–H groups in total. The van der Waals surface area contributed by atoms with Gasteiger partial charge in [0.15, 0.2) is 0 Å². The van der Waals surface area contributed by atoms with Gasteiger partial charge in [-0.2, -0.15) is 0 Å². The van der Waals surface area contributed by atoms with E-state index < -0.39 is 20.0 Å². The van der Waals surface area contributed by atoms with Crippen molar-refractivity contribution in [1.82, 2.24) is 0 Å². The largest absolute Gasteiger partial charge is 0.456 e. The van der Waals surface area contributed by atoms with Gasteiger partial charge in [-0.1, -0.05) is 54.6 Å². The van der Waals surface area contributed by atoms with Gasteiger partial charge in [-0.05, 0) is 35.9 Å². The second-order valence-corrected chi connectivity index (χ2v) is 9.86. The summed E-state index contributed by atoms with van der Waals surface area (Å²) >= 11 is 0. The average molecular weight is 455 g/mol. The molecular formula is C22H18N2O5S2. The van der Waals surface area contributed by atoms with Crippen LogP contribution in [0.15, 0.2) is 93.6 Å². The van der Waals surface area contributed by atoms with Gasteiger partial charge in [0.2, 0.25) is 10.0 Å². The number of anilines is 1. The monoisotopic (exact) mass is 454 g/mol. The highest BCUT2D eigenvalue weighted by molar-refractivity contribution is 7.95. The van der Waals surface area contributed by atoms with E-state index in [0.29, 0.717) is 11.3 Å². The predicted molar refractivity (Wildman–Crippen MR) is 121 cm³/mol. The molecule has 0 saturated heterocycles. The summed E-state index contributed by atoms with van der Waals surface area (Å²) in [5.74, 6) is 0.714. The fourth-order valence-electron chi connectivity index (χ4n) is 3.04. The zero-order chi connectivity index (χ0) is 22.1. The zero-order valence-corrected chi connectivity index (χ0v) is 17.7. The molecule has 0 atom stereocenters. The molecule has 0 bridgehead atoms. The maximum absolute atomic E-state index is 12.4. The number of rotatable bonds is 6. The molecule has 0 saturated carbocycles. The number of fused-ring (bicyclic) bond motifs is 1. The predicted octanol–water partition coefficient (Wildman–Crippen LogP) is 4.16. The smallest absolute Gasteiger partial charge is 0.255 e. The Morgan fingerprint density at radius 3 is 2.23 bits per heavy atom. The van der Waals surface area contributed by atoms with Gasteiger partial charge in [0.1, 0.15) is 16.2 Å². The second-order valence-electron chi connectivity index (χ2n) is 6.76. The third-order valence-corrected chi connectivity index (χ3v) is 6.47. The van der Waals surface area contributed by atoms with Crippen LogP contribution in [0.3, 0.4) is 0 Å². The summed E-state index contributed by atoms with van der Waals surface area (Å²) < 4.78 is 56.1. The number of hydrogen-bond acceptors (Lipinski definition) is 5. The normalized spacial score (nSPS) is 12.4. The Balaban J connectivity index is 1.53. The van der Waals surface area contributed by atoms with E-state index >= 15 is 0 Å². The molecule has 1 aromatic heterocycles. The molecule has 0 amide bonds. The molecular weight excluding hydrogens is 436 g/mol. The maximum Gasteiger partial charge on any atom is 0.255 e. The topological polar surface area (TPSA) is 119 Å². The first kappa shape index (κ1) is 20.9. The lowest BCUT2D eigenvalue weighted by Crippen LogP contribution is -2.17. The Hall–Kier alpha value is -3.40. The highest BCUT2D eigenvalue weighted by Gasteiger charge is 2.16. The van der Waals surface area contributed by atoms with Crippen LogP contribution in [0.4, 0.5) is 5.69 Å². The van der Waals surface area contributed by atoms with Crippen LogP contribution in [0.1, 0.15) is 5.56 Å². The lowest BCUT2D eigenvalue weighted by molar-refractivity contribution is 0.598. The van der Waals surface area contributed by atoms with Crippen LogP contribution < -0.4 is 9.86 Å². The molecule has 3 aromatic carbocycles. The van der Waals surface area contributed by atoms with Crippen LogP contribution in [-0.2, 0) is 20.0 Å². The summed E-state index contributed by atoms with van der Waals surface area (Å²) in [6.07, 6.45) is 1.41. The number of primary sulfonamides is 1. The highest BCUT2D eigenvalue weighted by Crippen LogP contribution is 2.28. The molecule has 0 aliphatic carbocycles. The van der Waals surface area contributed by atoms with Gasteiger partial charge >= 0.3 is 0 Å². The number of sulfonamides is 2. The fourth-order valence-corrected chi connectivity index (χ4v) is 4.68. The molecule has 0 fully saturated rings. The lowest BCUT2D eigenvalue weighted by Gasteiger charge is -2.08. The lowest BCUT2D eigenvalue weighted by atomic mass is 10.1. The SMILES string of the molecule is NS(=O)(=O)c1ccccc1NS(=O)(=O)/C=C/c1ccc(-c2cc3ccccc3o2)cc1. The van der Waals surface area contributed by atoms with Crippen molar-refractivity contribution < 1.29 is 21.3 Å². The van der Waals surface area contributed by atoms with Crippen molar-refractivity contribution in [2.45, 2.75) is 4.90 Å². The molecule has 0 radical (unpaired) electrons. The number of benzene rings is 3. The summed E-state index contributed by atoms with van der Waals surface area (Å²) in [4.78, 5) is -0.304. The van der Waals surface area contributed by atoms with Gasteiger partial charge < -0.3 is 4.42 Å². The standard InChI is InChI=1S/C22H18N2O5S2/c23-31(27,28)22-8-4-2-6-19(22)24-30(25,26)14-13-16-9-11-17(12-10-16)21-15-18-5-1-3-7-20(18)29-21/h1-15,24H,(H2,23,27,28)/b14-13+. The van der Waals surface area contributed by atoms with Crippen molar-refractivity contribution in [3.63, 3.8) is 0 Å². The van der Waals surface area contributed by atoms with Gasteiger partial charge in [-0.25, -0.2) is 22.0 Å². The zero-order valence-electron chi connectivity index (χ0n) is 16.1. The Kier molecular flexibility index (Phi) is 5.40. The minimum atomic E-state index is -4.07. The Labute approximate surface area is 179 Å². The van der Waals surface area contributed by atoms with Crippen molar-refractivity contribution in [3.8, 4) is 11.3 Å². The molecule has 4 rings (SSSR count). The van der Waals surface area contributed by atoms with Crippen LogP contribution >= 0.6 is 0 Å². The van der Waals surface area contributed by atoms with E-state index in [4.69, 9.17) is 9.56 Å². The van der Waals surface area contributed by atoms with E-state index in [9.17, 15) is 16.8 Å². The molecule has 1 heterocycles. The van der Waals surface area contributed by atoms with Crippen molar-refractivity contribution in [2.75, 3.05) is 4.72 Å². The van der Waals surface area contributed by atoms with E-state index in [-0.39, 0.29) is 10.6 Å². The van der Waals surface area contributed by atoms with E-state index in [1.54, 1.807) is 12.1 Å². The summed E-state index contributed by atoms with van der Waals surface area (Å²) in [6.45, 7) is 0. The van der Waals surface area contributed by atoms with Crippen LogP contribution in [0.5, 0.6) is 0 Å². The van der Waals surface area contributed by atoms with Crippen LogP contribution in [0.2, 0.25) is 0 Å². The summed E-state index contributed by atoms with van der Waals surface area (Å²) in [5.41, 5.74) is 2.18.